The van der Waals surface area contributed by atoms with Gasteiger partial charge in [0.2, 0.25) is 5.92 Å². The standard InChI is InChI=1S/C9H16F2OS/c1-13-7-12-6-8-2-4-9(10,11)5-3-8/h8H,2-7H2,1H3. The van der Waals surface area contributed by atoms with Gasteiger partial charge in [0.25, 0.3) is 0 Å². The zero-order valence-corrected chi connectivity index (χ0v) is 8.71. The second kappa shape index (κ2) is 5.15. The summed E-state index contributed by atoms with van der Waals surface area (Å²) in [6, 6.07) is 0. The smallest absolute Gasteiger partial charge is 0.248 e. The summed E-state index contributed by atoms with van der Waals surface area (Å²) in [5.74, 6) is -1.38. The number of alkyl halides is 2. The molecule has 0 spiro atoms. The molecule has 13 heavy (non-hydrogen) atoms. The molecule has 78 valence electrons. The van der Waals surface area contributed by atoms with Crippen LogP contribution in [0.5, 0.6) is 0 Å². The van der Waals surface area contributed by atoms with Crippen molar-refractivity contribution in [2.24, 2.45) is 5.92 Å². The van der Waals surface area contributed by atoms with E-state index in [4.69, 9.17) is 4.74 Å². The molecule has 0 amide bonds. The van der Waals surface area contributed by atoms with Gasteiger partial charge in [0.1, 0.15) is 0 Å². The molecule has 1 nitrogen and oxygen atoms in total. The minimum atomic E-state index is -2.41. The highest BCUT2D eigenvalue weighted by Crippen LogP contribution is 2.36. The van der Waals surface area contributed by atoms with E-state index in [2.05, 4.69) is 0 Å². The Hall–Kier alpha value is 0.170. The molecule has 0 aromatic carbocycles. The molecule has 4 heteroatoms. The van der Waals surface area contributed by atoms with Crippen molar-refractivity contribution >= 4 is 11.8 Å². The molecule has 0 radical (unpaired) electrons. The minimum absolute atomic E-state index is 0.0420. The monoisotopic (exact) mass is 210 g/mol. The van der Waals surface area contributed by atoms with Crippen LogP contribution in [0.3, 0.4) is 0 Å². The maximum Gasteiger partial charge on any atom is 0.248 e. The van der Waals surface area contributed by atoms with Crippen LogP contribution in [0, 0.1) is 5.92 Å². The molecule has 0 unspecified atom stereocenters. The van der Waals surface area contributed by atoms with E-state index in [9.17, 15) is 8.78 Å². The van der Waals surface area contributed by atoms with E-state index in [0.29, 0.717) is 31.3 Å². The number of ether oxygens (including phenoxy) is 1. The Kier molecular flexibility index (Phi) is 4.46. The van der Waals surface area contributed by atoms with Crippen molar-refractivity contribution in [2.75, 3.05) is 18.8 Å². The van der Waals surface area contributed by atoms with Crippen molar-refractivity contribution < 1.29 is 13.5 Å². The maximum atomic E-state index is 12.7. The Morgan fingerprint density at radius 2 is 2.00 bits per heavy atom. The van der Waals surface area contributed by atoms with E-state index < -0.39 is 5.92 Å². The first-order valence-electron chi connectivity index (χ1n) is 4.58. The molecule has 0 aliphatic heterocycles. The Bertz CT molecular complexity index is 143. The van der Waals surface area contributed by atoms with E-state index in [1.807, 2.05) is 6.26 Å². The van der Waals surface area contributed by atoms with Gasteiger partial charge in [-0.05, 0) is 25.0 Å². The first-order chi connectivity index (χ1) is 6.14. The molecule has 0 atom stereocenters. The fourth-order valence-electron chi connectivity index (χ4n) is 1.56. The highest BCUT2D eigenvalue weighted by molar-refractivity contribution is 7.98. The second-order valence-electron chi connectivity index (χ2n) is 3.58. The van der Waals surface area contributed by atoms with Crippen LogP contribution in [-0.2, 0) is 4.74 Å². The summed E-state index contributed by atoms with van der Waals surface area (Å²) >= 11 is 1.62. The molecule has 0 saturated heterocycles. The van der Waals surface area contributed by atoms with Crippen LogP contribution < -0.4 is 0 Å². The van der Waals surface area contributed by atoms with Gasteiger partial charge in [0, 0.05) is 12.8 Å². The fraction of sp³-hybridized carbons (Fsp3) is 1.00. The molecule has 1 rings (SSSR count). The van der Waals surface area contributed by atoms with Crippen molar-refractivity contribution in [3.8, 4) is 0 Å². The van der Waals surface area contributed by atoms with E-state index in [0.717, 1.165) is 0 Å². The van der Waals surface area contributed by atoms with Crippen LogP contribution in [-0.4, -0.2) is 24.7 Å². The highest BCUT2D eigenvalue weighted by atomic mass is 32.2. The van der Waals surface area contributed by atoms with Gasteiger partial charge in [-0.3, -0.25) is 0 Å². The van der Waals surface area contributed by atoms with E-state index in [1.165, 1.54) is 0 Å². The normalized spacial score (nSPS) is 23.3. The predicted octanol–water partition coefficient (Wildman–Crippen LogP) is 3.15. The lowest BCUT2D eigenvalue weighted by molar-refractivity contribution is -0.0538. The molecule has 0 heterocycles. The summed E-state index contributed by atoms with van der Waals surface area (Å²) < 4.78 is 30.8. The Labute approximate surface area is 82.2 Å². The van der Waals surface area contributed by atoms with Crippen molar-refractivity contribution in [3.63, 3.8) is 0 Å². The highest BCUT2D eigenvalue weighted by Gasteiger charge is 2.34. The predicted molar refractivity (Wildman–Crippen MR) is 51.2 cm³/mol. The first kappa shape index (κ1) is 11.2. The molecule has 1 saturated carbocycles. The average molecular weight is 210 g/mol. The Balaban J connectivity index is 2.11. The fourth-order valence-corrected chi connectivity index (χ4v) is 1.83. The summed E-state index contributed by atoms with van der Waals surface area (Å²) in [6.45, 7) is 0.650. The van der Waals surface area contributed by atoms with Gasteiger partial charge in [-0.2, -0.15) is 0 Å². The topological polar surface area (TPSA) is 9.23 Å². The van der Waals surface area contributed by atoms with Crippen LogP contribution in [0.4, 0.5) is 8.78 Å². The average Bonchev–Trinajstić information content (AvgIpc) is 2.08. The summed E-state index contributed by atoms with van der Waals surface area (Å²) in [5, 5.41) is 0. The molecule has 1 fully saturated rings. The minimum Gasteiger partial charge on any atom is -0.371 e. The number of hydrogen-bond acceptors (Lipinski definition) is 2. The summed E-state index contributed by atoms with van der Waals surface area (Å²) in [7, 11) is 0. The number of halogens is 2. The van der Waals surface area contributed by atoms with Gasteiger partial charge in [-0.1, -0.05) is 0 Å². The van der Waals surface area contributed by atoms with Crippen molar-refractivity contribution in [3.05, 3.63) is 0 Å². The molecule has 0 bridgehead atoms. The van der Waals surface area contributed by atoms with Gasteiger partial charge in [-0.25, -0.2) is 8.78 Å². The van der Waals surface area contributed by atoms with E-state index >= 15 is 0 Å². The first-order valence-corrected chi connectivity index (χ1v) is 5.98. The van der Waals surface area contributed by atoms with Gasteiger partial charge >= 0.3 is 0 Å². The molecule has 1 aliphatic carbocycles. The molecule has 0 aromatic rings. The number of hydrogen-bond donors (Lipinski definition) is 0. The summed E-state index contributed by atoms with van der Waals surface area (Å²) in [6.07, 6.45) is 3.28. The summed E-state index contributed by atoms with van der Waals surface area (Å²) in [4.78, 5) is 0. The Morgan fingerprint density at radius 1 is 1.38 bits per heavy atom. The van der Waals surface area contributed by atoms with E-state index in [-0.39, 0.29) is 12.8 Å². The molecule has 0 aromatic heterocycles. The third-order valence-corrected chi connectivity index (χ3v) is 2.79. The SMILES string of the molecule is CSCOCC1CCC(F)(F)CC1. The van der Waals surface area contributed by atoms with Crippen LogP contribution in [0.1, 0.15) is 25.7 Å². The van der Waals surface area contributed by atoms with Gasteiger partial charge < -0.3 is 4.74 Å². The molecular weight excluding hydrogens is 194 g/mol. The molecule has 1 aliphatic rings. The molecule has 0 N–H and O–H groups in total. The van der Waals surface area contributed by atoms with E-state index in [1.54, 1.807) is 11.8 Å². The summed E-state index contributed by atoms with van der Waals surface area (Å²) in [5.41, 5.74) is 0. The van der Waals surface area contributed by atoms with Crippen molar-refractivity contribution in [1.82, 2.24) is 0 Å². The van der Waals surface area contributed by atoms with Crippen molar-refractivity contribution in [1.29, 1.82) is 0 Å². The van der Waals surface area contributed by atoms with Crippen LogP contribution in [0.15, 0.2) is 0 Å². The van der Waals surface area contributed by atoms with Gasteiger partial charge in [0.05, 0.1) is 12.5 Å². The van der Waals surface area contributed by atoms with Crippen LogP contribution in [0.2, 0.25) is 0 Å². The van der Waals surface area contributed by atoms with Crippen molar-refractivity contribution in [2.45, 2.75) is 31.6 Å². The second-order valence-corrected chi connectivity index (χ2v) is 4.39. The third-order valence-electron chi connectivity index (χ3n) is 2.39. The quantitative estimate of drug-likeness (QED) is 0.520. The zero-order chi connectivity index (χ0) is 9.73. The lowest BCUT2D eigenvalue weighted by Gasteiger charge is -2.27. The maximum absolute atomic E-state index is 12.7. The largest absolute Gasteiger partial charge is 0.371 e. The number of rotatable bonds is 4. The lowest BCUT2D eigenvalue weighted by Crippen LogP contribution is -2.26. The third kappa shape index (κ3) is 4.27. The Morgan fingerprint density at radius 3 is 2.54 bits per heavy atom. The zero-order valence-electron chi connectivity index (χ0n) is 7.89. The van der Waals surface area contributed by atoms with Crippen LogP contribution >= 0.6 is 11.8 Å². The van der Waals surface area contributed by atoms with Crippen LogP contribution in [0.25, 0.3) is 0 Å². The number of thioether (sulfide) groups is 1. The lowest BCUT2D eigenvalue weighted by atomic mass is 9.87. The van der Waals surface area contributed by atoms with Gasteiger partial charge in [0.15, 0.2) is 0 Å². The van der Waals surface area contributed by atoms with Gasteiger partial charge in [-0.15, -0.1) is 11.8 Å². The molecular formula is C9H16F2OS.